The van der Waals surface area contributed by atoms with Gasteiger partial charge in [0.25, 0.3) is 10.0 Å². The third-order valence-electron chi connectivity index (χ3n) is 2.64. The number of oxime groups is 1. The van der Waals surface area contributed by atoms with Crippen LogP contribution in [0, 0.1) is 6.92 Å². The summed E-state index contributed by atoms with van der Waals surface area (Å²) in [5.74, 6) is 0. The van der Waals surface area contributed by atoms with Crippen LogP contribution in [0.4, 0.5) is 0 Å². The summed E-state index contributed by atoms with van der Waals surface area (Å²) in [6.45, 7) is 2.49. The van der Waals surface area contributed by atoms with Crippen LogP contribution >= 0.6 is 11.3 Å². The largest absolute Gasteiger partial charge is 0.411 e. The minimum Gasteiger partial charge on any atom is -0.411 e. The van der Waals surface area contributed by atoms with Gasteiger partial charge in [-0.3, -0.25) is 0 Å². The van der Waals surface area contributed by atoms with Gasteiger partial charge in [0.1, 0.15) is 0 Å². The molecular formula is C9H13N3O3S2. The predicted octanol–water partition coefficient (Wildman–Crippen LogP) is 1.07. The van der Waals surface area contributed by atoms with Crippen LogP contribution in [0.2, 0.25) is 0 Å². The van der Waals surface area contributed by atoms with Crippen LogP contribution < -0.4 is 0 Å². The highest BCUT2D eigenvalue weighted by molar-refractivity contribution is 7.91. The van der Waals surface area contributed by atoms with Crippen LogP contribution in [-0.4, -0.2) is 41.7 Å². The Morgan fingerprint density at radius 1 is 1.47 bits per heavy atom. The number of sulfonamides is 1. The standard InChI is InChI=1S/C9H13N3O3S2/c1-7-10-6-9(16-7)17(14,15)12-4-2-8(11-13)3-5-12/h6,13H,2-5H2,1H3. The Morgan fingerprint density at radius 2 is 2.12 bits per heavy atom. The molecule has 0 unspecified atom stereocenters. The molecule has 1 fully saturated rings. The van der Waals surface area contributed by atoms with Crippen LogP contribution in [0.25, 0.3) is 0 Å². The normalized spacial score (nSPS) is 18.3. The maximum Gasteiger partial charge on any atom is 0.254 e. The summed E-state index contributed by atoms with van der Waals surface area (Å²) in [5.41, 5.74) is 0.650. The lowest BCUT2D eigenvalue weighted by Crippen LogP contribution is -2.38. The first-order valence-corrected chi connectivity index (χ1v) is 7.42. The fourth-order valence-electron chi connectivity index (χ4n) is 1.67. The van der Waals surface area contributed by atoms with Crippen LogP contribution in [0.5, 0.6) is 0 Å². The molecule has 94 valence electrons. The van der Waals surface area contributed by atoms with Gasteiger partial charge in [0, 0.05) is 25.9 Å². The highest BCUT2D eigenvalue weighted by Gasteiger charge is 2.29. The van der Waals surface area contributed by atoms with Crippen molar-refractivity contribution in [2.75, 3.05) is 13.1 Å². The lowest BCUT2D eigenvalue weighted by atomic mass is 10.1. The summed E-state index contributed by atoms with van der Waals surface area (Å²) < 4.78 is 26.1. The minimum atomic E-state index is -3.42. The summed E-state index contributed by atoms with van der Waals surface area (Å²) in [4.78, 5) is 3.96. The van der Waals surface area contributed by atoms with E-state index in [-0.39, 0.29) is 4.21 Å². The second kappa shape index (κ2) is 4.71. The Bertz CT molecular complexity index is 525. The van der Waals surface area contributed by atoms with Crippen molar-refractivity contribution >= 4 is 27.1 Å². The molecule has 0 atom stereocenters. The monoisotopic (exact) mass is 275 g/mol. The number of aryl methyl sites for hydroxylation is 1. The van der Waals surface area contributed by atoms with Crippen molar-refractivity contribution in [2.45, 2.75) is 24.0 Å². The Balaban J connectivity index is 2.18. The molecule has 17 heavy (non-hydrogen) atoms. The number of rotatable bonds is 2. The van der Waals surface area contributed by atoms with E-state index in [1.807, 2.05) is 0 Å². The minimum absolute atomic E-state index is 0.277. The number of thiazole rings is 1. The van der Waals surface area contributed by atoms with Gasteiger partial charge >= 0.3 is 0 Å². The van der Waals surface area contributed by atoms with Crippen molar-refractivity contribution in [3.8, 4) is 0 Å². The molecule has 6 nitrogen and oxygen atoms in total. The number of hydrogen-bond donors (Lipinski definition) is 1. The number of nitrogens with zero attached hydrogens (tertiary/aromatic N) is 3. The molecule has 8 heteroatoms. The van der Waals surface area contributed by atoms with Crippen LogP contribution in [0.3, 0.4) is 0 Å². The smallest absolute Gasteiger partial charge is 0.254 e. The number of hydrogen-bond acceptors (Lipinski definition) is 6. The van der Waals surface area contributed by atoms with E-state index in [1.165, 1.54) is 21.8 Å². The van der Waals surface area contributed by atoms with Gasteiger partial charge in [0.05, 0.1) is 16.9 Å². The molecule has 0 aromatic carbocycles. The first-order valence-electron chi connectivity index (χ1n) is 5.16. The van der Waals surface area contributed by atoms with E-state index in [1.54, 1.807) is 6.92 Å². The van der Waals surface area contributed by atoms with Crippen molar-refractivity contribution in [1.82, 2.24) is 9.29 Å². The molecule has 1 aromatic rings. The highest BCUT2D eigenvalue weighted by atomic mass is 32.2. The molecule has 1 aliphatic rings. The maximum atomic E-state index is 12.2. The van der Waals surface area contributed by atoms with Gasteiger partial charge in [-0.05, 0) is 6.92 Å². The van der Waals surface area contributed by atoms with E-state index in [9.17, 15) is 8.42 Å². The van der Waals surface area contributed by atoms with Gasteiger partial charge in [0.15, 0.2) is 4.21 Å². The van der Waals surface area contributed by atoms with Gasteiger partial charge in [-0.15, -0.1) is 11.3 Å². The van der Waals surface area contributed by atoms with Crippen LogP contribution in [0.1, 0.15) is 17.8 Å². The predicted molar refractivity (Wildman–Crippen MR) is 64.1 cm³/mol. The van der Waals surface area contributed by atoms with Gasteiger partial charge in [0.2, 0.25) is 0 Å². The zero-order chi connectivity index (χ0) is 12.5. The molecule has 0 saturated carbocycles. The van der Waals surface area contributed by atoms with E-state index in [2.05, 4.69) is 10.1 Å². The third-order valence-corrected chi connectivity index (χ3v) is 5.88. The summed E-state index contributed by atoms with van der Waals surface area (Å²) in [5, 5.41) is 12.5. The lowest BCUT2D eigenvalue weighted by Gasteiger charge is -2.25. The molecule has 0 amide bonds. The molecular weight excluding hydrogens is 262 g/mol. The molecule has 0 spiro atoms. The molecule has 0 radical (unpaired) electrons. The quantitative estimate of drug-likeness (QED) is 0.646. The summed E-state index contributed by atoms with van der Waals surface area (Å²) >= 11 is 1.17. The first kappa shape index (κ1) is 12.5. The van der Waals surface area contributed by atoms with Crippen molar-refractivity contribution in [3.05, 3.63) is 11.2 Å². The van der Waals surface area contributed by atoms with Crippen molar-refractivity contribution in [1.29, 1.82) is 0 Å². The van der Waals surface area contributed by atoms with Crippen molar-refractivity contribution in [2.24, 2.45) is 5.16 Å². The highest BCUT2D eigenvalue weighted by Crippen LogP contribution is 2.24. The zero-order valence-corrected chi connectivity index (χ0v) is 11.0. The Morgan fingerprint density at radius 3 is 2.59 bits per heavy atom. The SMILES string of the molecule is Cc1ncc(S(=O)(=O)N2CCC(=NO)CC2)s1. The second-order valence-electron chi connectivity index (χ2n) is 3.77. The van der Waals surface area contributed by atoms with Crippen molar-refractivity contribution in [3.63, 3.8) is 0 Å². The second-order valence-corrected chi connectivity index (χ2v) is 7.17. The molecule has 1 N–H and O–H groups in total. The maximum absolute atomic E-state index is 12.2. The fourth-order valence-corrected chi connectivity index (χ4v) is 4.38. The molecule has 2 heterocycles. The van der Waals surface area contributed by atoms with Crippen LogP contribution in [0.15, 0.2) is 15.6 Å². The van der Waals surface area contributed by atoms with Gasteiger partial charge in [-0.2, -0.15) is 4.31 Å². The molecule has 0 aliphatic carbocycles. The Kier molecular flexibility index (Phi) is 3.45. The van der Waals surface area contributed by atoms with E-state index in [4.69, 9.17) is 5.21 Å². The van der Waals surface area contributed by atoms with Crippen LogP contribution in [-0.2, 0) is 10.0 Å². The lowest BCUT2D eigenvalue weighted by molar-refractivity contribution is 0.310. The molecule has 2 rings (SSSR count). The van der Waals surface area contributed by atoms with Gasteiger partial charge < -0.3 is 5.21 Å². The fraction of sp³-hybridized carbons (Fsp3) is 0.556. The number of aromatic nitrogens is 1. The van der Waals surface area contributed by atoms with Gasteiger partial charge in [-0.1, -0.05) is 5.16 Å². The summed E-state index contributed by atoms with van der Waals surface area (Å²) in [7, 11) is -3.42. The van der Waals surface area contributed by atoms with E-state index < -0.39 is 10.0 Å². The van der Waals surface area contributed by atoms with E-state index in [0.29, 0.717) is 31.6 Å². The molecule has 1 saturated heterocycles. The summed E-state index contributed by atoms with van der Waals surface area (Å²) in [6, 6.07) is 0. The van der Waals surface area contributed by atoms with E-state index >= 15 is 0 Å². The first-order chi connectivity index (χ1) is 8.04. The van der Waals surface area contributed by atoms with E-state index in [0.717, 1.165) is 5.01 Å². The summed E-state index contributed by atoms with van der Waals surface area (Å²) in [6.07, 6.45) is 2.35. The molecule has 1 aliphatic heterocycles. The molecule has 0 bridgehead atoms. The number of piperidine rings is 1. The van der Waals surface area contributed by atoms with Crippen molar-refractivity contribution < 1.29 is 13.6 Å². The molecule has 1 aromatic heterocycles. The van der Waals surface area contributed by atoms with Gasteiger partial charge in [-0.25, -0.2) is 13.4 Å². The Labute approximate surface area is 104 Å². The Hall–Kier alpha value is -0.990. The third kappa shape index (κ3) is 2.48. The average Bonchev–Trinajstić information content (AvgIpc) is 2.77. The zero-order valence-electron chi connectivity index (χ0n) is 9.33. The average molecular weight is 275 g/mol. The topological polar surface area (TPSA) is 82.9 Å².